The first-order valence-corrected chi connectivity index (χ1v) is 17.0. The van der Waals surface area contributed by atoms with E-state index in [0.29, 0.717) is 22.6 Å². The quantitative estimate of drug-likeness (QED) is 0.190. The van der Waals surface area contributed by atoms with Gasteiger partial charge in [0.1, 0.15) is 0 Å². The van der Waals surface area contributed by atoms with Crippen LogP contribution in [0.25, 0.3) is 72.4 Å². The van der Waals surface area contributed by atoms with Crippen LogP contribution in [0.3, 0.4) is 0 Å². The van der Waals surface area contributed by atoms with Crippen molar-refractivity contribution in [3.63, 3.8) is 0 Å². The van der Waals surface area contributed by atoms with Gasteiger partial charge in [0.15, 0.2) is 0 Å². The van der Waals surface area contributed by atoms with E-state index in [-0.39, 0.29) is 0 Å². The molecule has 8 aromatic rings. The van der Waals surface area contributed by atoms with Gasteiger partial charge in [-0.3, -0.25) is 0 Å². The molecule has 0 bridgehead atoms. The fourth-order valence-corrected chi connectivity index (χ4v) is 7.83. The normalized spacial score (nSPS) is 13.6. The van der Waals surface area contributed by atoms with Crippen molar-refractivity contribution in [3.8, 4) is 51.8 Å². The van der Waals surface area contributed by atoms with Crippen LogP contribution in [0.1, 0.15) is 34.9 Å². The number of nitriles is 3. The Kier molecular flexibility index (Phi) is 6.92. The van der Waals surface area contributed by atoms with Gasteiger partial charge in [0.25, 0.3) is 0 Å². The van der Waals surface area contributed by atoms with Crippen molar-refractivity contribution in [2.75, 3.05) is 0 Å². The molecule has 1 atom stereocenters. The molecule has 1 aliphatic carbocycles. The smallest absolute Gasteiger partial charge is 0.0998 e. The number of hydrogen-bond acceptors (Lipinski definition) is 3. The van der Waals surface area contributed by atoms with E-state index in [1.54, 1.807) is 0 Å². The second kappa shape index (κ2) is 11.8. The van der Waals surface area contributed by atoms with Gasteiger partial charge in [-0.25, -0.2) is 0 Å². The maximum Gasteiger partial charge on any atom is 0.0998 e. The lowest BCUT2D eigenvalue weighted by Gasteiger charge is -2.20. The minimum Gasteiger partial charge on any atom is -0.312 e. The van der Waals surface area contributed by atoms with Gasteiger partial charge in [-0.15, -0.1) is 0 Å². The third-order valence-corrected chi connectivity index (χ3v) is 10.2. The average molecular weight is 652 g/mol. The number of para-hydroxylation sites is 1. The Morgan fingerprint density at radius 3 is 2.14 bits per heavy atom. The number of aromatic nitrogens is 2. The molecule has 0 radical (unpaired) electrons. The second-order valence-electron chi connectivity index (χ2n) is 13.2. The molecule has 0 aliphatic heterocycles. The van der Waals surface area contributed by atoms with Crippen LogP contribution in [0.2, 0.25) is 0 Å². The molecule has 2 heterocycles. The molecule has 5 nitrogen and oxygen atoms in total. The molecular formula is C46H29N5. The van der Waals surface area contributed by atoms with Gasteiger partial charge in [0, 0.05) is 38.7 Å². The average Bonchev–Trinajstić information content (AvgIpc) is 3.69. The van der Waals surface area contributed by atoms with E-state index < -0.39 is 0 Å². The van der Waals surface area contributed by atoms with E-state index in [4.69, 9.17) is 0 Å². The SMILES string of the molecule is CC1C=Cc2c(n(-c3ccc(C#N)cc3-c3cccc(-c4ccc(-n5c6ccc(C#N)cc6c6c(C#N)cccc65)cc4)c3)c3ccccc23)C1. The molecule has 0 spiro atoms. The first-order valence-electron chi connectivity index (χ1n) is 17.0. The molecule has 0 fully saturated rings. The second-order valence-corrected chi connectivity index (χ2v) is 13.2. The fourth-order valence-electron chi connectivity index (χ4n) is 7.83. The van der Waals surface area contributed by atoms with Crippen molar-refractivity contribution in [1.82, 2.24) is 9.13 Å². The van der Waals surface area contributed by atoms with Gasteiger partial charge in [-0.2, -0.15) is 15.8 Å². The minimum atomic E-state index is 0.430. The monoisotopic (exact) mass is 651 g/mol. The van der Waals surface area contributed by atoms with Crippen LogP contribution >= 0.6 is 0 Å². The zero-order valence-electron chi connectivity index (χ0n) is 27.8. The number of allylic oxidation sites excluding steroid dienone is 1. The van der Waals surface area contributed by atoms with E-state index in [1.807, 2.05) is 48.5 Å². The maximum atomic E-state index is 9.96. The van der Waals surface area contributed by atoms with Crippen LogP contribution in [-0.2, 0) is 6.42 Å². The summed E-state index contributed by atoms with van der Waals surface area (Å²) in [4.78, 5) is 0. The van der Waals surface area contributed by atoms with Crippen molar-refractivity contribution in [1.29, 1.82) is 15.8 Å². The third-order valence-electron chi connectivity index (χ3n) is 10.2. The minimum absolute atomic E-state index is 0.430. The first-order chi connectivity index (χ1) is 25.1. The maximum absolute atomic E-state index is 9.96. The van der Waals surface area contributed by atoms with Gasteiger partial charge in [0.2, 0.25) is 0 Å². The topological polar surface area (TPSA) is 81.2 Å². The van der Waals surface area contributed by atoms with Crippen molar-refractivity contribution < 1.29 is 0 Å². The van der Waals surface area contributed by atoms with Crippen LogP contribution < -0.4 is 0 Å². The Morgan fingerprint density at radius 2 is 1.31 bits per heavy atom. The highest BCUT2D eigenvalue weighted by Gasteiger charge is 2.23. The van der Waals surface area contributed by atoms with Gasteiger partial charge >= 0.3 is 0 Å². The molecule has 0 N–H and O–H groups in total. The van der Waals surface area contributed by atoms with E-state index >= 15 is 0 Å². The number of benzene rings is 6. The lowest BCUT2D eigenvalue weighted by Crippen LogP contribution is -2.09. The Bertz CT molecular complexity index is 2880. The Balaban J connectivity index is 1.17. The Morgan fingerprint density at radius 1 is 0.588 bits per heavy atom. The number of rotatable bonds is 4. The largest absolute Gasteiger partial charge is 0.312 e. The molecular weight excluding hydrogens is 623 g/mol. The highest BCUT2D eigenvalue weighted by molar-refractivity contribution is 6.12. The summed E-state index contributed by atoms with van der Waals surface area (Å²) in [5.74, 6) is 0.430. The zero-order chi connectivity index (χ0) is 34.6. The van der Waals surface area contributed by atoms with E-state index in [0.717, 1.165) is 67.4 Å². The standard InChI is InChI=1S/C46H29N5/c1-29-12-19-38-37-9-2-3-10-41(37)51(45(38)22-29)42-20-13-30(26-47)23-39(42)34-7-4-6-33(25-34)32-15-17-36(18-16-32)50-43-21-14-31(27-48)24-40(43)46-35(28-49)8-5-11-44(46)50/h2-21,23-25,29H,22H2,1H3. The molecule has 51 heavy (non-hydrogen) atoms. The summed E-state index contributed by atoms with van der Waals surface area (Å²) >= 11 is 0. The number of fused-ring (bicyclic) bond motifs is 6. The van der Waals surface area contributed by atoms with Gasteiger partial charge in [-0.1, -0.05) is 73.7 Å². The summed E-state index contributed by atoms with van der Waals surface area (Å²) in [6.07, 6.45) is 5.50. The third kappa shape index (κ3) is 4.74. The van der Waals surface area contributed by atoms with Crippen molar-refractivity contribution >= 4 is 38.8 Å². The molecule has 0 amide bonds. The molecule has 0 saturated carbocycles. The Labute approximate surface area is 295 Å². The Hall–Kier alpha value is -7.13. The van der Waals surface area contributed by atoms with E-state index in [2.05, 4.69) is 125 Å². The molecule has 6 aromatic carbocycles. The summed E-state index contributed by atoms with van der Waals surface area (Å²) in [6, 6.07) is 49.9. The molecule has 5 heteroatoms. The van der Waals surface area contributed by atoms with Crippen LogP contribution in [-0.4, -0.2) is 9.13 Å². The molecule has 1 unspecified atom stereocenters. The molecule has 238 valence electrons. The predicted octanol–water partition coefficient (Wildman–Crippen LogP) is 10.9. The van der Waals surface area contributed by atoms with Crippen LogP contribution in [0.15, 0.2) is 133 Å². The summed E-state index contributed by atoms with van der Waals surface area (Å²) in [5, 5.41) is 32.5. The molecule has 0 saturated heterocycles. The highest BCUT2D eigenvalue weighted by atomic mass is 15.0. The molecule has 9 rings (SSSR count). The van der Waals surface area contributed by atoms with Crippen LogP contribution in [0, 0.1) is 39.9 Å². The summed E-state index contributed by atoms with van der Waals surface area (Å²) in [7, 11) is 0. The lowest BCUT2D eigenvalue weighted by molar-refractivity contribution is 0.691. The zero-order valence-corrected chi connectivity index (χ0v) is 27.8. The number of nitrogens with zero attached hydrogens (tertiary/aromatic N) is 5. The van der Waals surface area contributed by atoms with Crippen molar-refractivity contribution in [2.24, 2.45) is 5.92 Å². The van der Waals surface area contributed by atoms with Gasteiger partial charge < -0.3 is 9.13 Å². The van der Waals surface area contributed by atoms with E-state index in [9.17, 15) is 15.8 Å². The molecule has 1 aliphatic rings. The van der Waals surface area contributed by atoms with Gasteiger partial charge in [-0.05, 0) is 102 Å². The molecule has 2 aromatic heterocycles. The van der Waals surface area contributed by atoms with E-state index in [1.165, 1.54) is 16.6 Å². The predicted molar refractivity (Wildman–Crippen MR) is 205 cm³/mol. The summed E-state index contributed by atoms with van der Waals surface area (Å²) in [5.41, 5.74) is 13.5. The fraction of sp³-hybridized carbons (Fsp3) is 0.0652. The highest BCUT2D eigenvalue weighted by Crippen LogP contribution is 2.40. The van der Waals surface area contributed by atoms with Crippen LogP contribution in [0.5, 0.6) is 0 Å². The summed E-state index contributed by atoms with van der Waals surface area (Å²) in [6.45, 7) is 2.26. The van der Waals surface area contributed by atoms with Crippen molar-refractivity contribution in [2.45, 2.75) is 13.3 Å². The summed E-state index contributed by atoms with van der Waals surface area (Å²) < 4.78 is 4.55. The van der Waals surface area contributed by atoms with Crippen LogP contribution in [0.4, 0.5) is 0 Å². The first kappa shape index (κ1) is 30.0. The van der Waals surface area contributed by atoms with Gasteiger partial charge in [0.05, 0.1) is 57.1 Å². The lowest BCUT2D eigenvalue weighted by atomic mass is 9.94. The number of hydrogen-bond donors (Lipinski definition) is 0. The van der Waals surface area contributed by atoms with Crippen molar-refractivity contribution in [3.05, 3.63) is 161 Å².